The number of carbonyl (C=O) groups is 2. The van der Waals surface area contributed by atoms with Crippen molar-refractivity contribution in [3.63, 3.8) is 0 Å². The van der Waals surface area contributed by atoms with E-state index in [2.05, 4.69) is 21.2 Å². The highest BCUT2D eigenvalue weighted by Crippen LogP contribution is 2.22. The maximum absolute atomic E-state index is 12.5. The van der Waals surface area contributed by atoms with Gasteiger partial charge in [-0.15, -0.1) is 0 Å². The van der Waals surface area contributed by atoms with Crippen LogP contribution in [0.1, 0.15) is 23.7 Å². The molecule has 2 amide bonds. The van der Waals surface area contributed by atoms with Gasteiger partial charge in [0.1, 0.15) is 6.04 Å². The van der Waals surface area contributed by atoms with E-state index in [0.29, 0.717) is 35.2 Å². The van der Waals surface area contributed by atoms with Crippen LogP contribution in [0.3, 0.4) is 0 Å². The normalized spacial score (nSPS) is 19.2. The predicted molar refractivity (Wildman–Crippen MR) is 76.7 cm³/mol. The molecule has 0 aromatic heterocycles. The Bertz CT molecular complexity index is 519. The van der Waals surface area contributed by atoms with Gasteiger partial charge in [0.25, 0.3) is 5.91 Å². The summed E-state index contributed by atoms with van der Waals surface area (Å²) in [7, 11) is 0. The van der Waals surface area contributed by atoms with Crippen LogP contribution >= 0.6 is 15.9 Å². The molecule has 2 rings (SSSR count). The number of nitrogens with zero attached hydrogens (tertiary/aromatic N) is 1. The van der Waals surface area contributed by atoms with Gasteiger partial charge in [-0.2, -0.15) is 0 Å². The summed E-state index contributed by atoms with van der Waals surface area (Å²) >= 11 is 3.31. The molecule has 0 saturated carbocycles. The van der Waals surface area contributed by atoms with Crippen LogP contribution < -0.4 is 11.1 Å². The minimum atomic E-state index is -0.391. The Kier molecular flexibility index (Phi) is 4.09. The van der Waals surface area contributed by atoms with Crippen LogP contribution in [0.4, 0.5) is 5.69 Å². The van der Waals surface area contributed by atoms with Gasteiger partial charge in [-0.3, -0.25) is 9.59 Å². The second-order valence-corrected chi connectivity index (χ2v) is 5.30. The van der Waals surface area contributed by atoms with Crippen molar-refractivity contribution in [1.29, 1.82) is 0 Å². The second-order valence-electron chi connectivity index (χ2n) is 4.45. The monoisotopic (exact) mass is 325 g/mol. The molecule has 0 aliphatic carbocycles. The molecular formula is C13H16BrN3O2. The molecule has 1 aliphatic heterocycles. The molecule has 1 aromatic carbocycles. The number of amides is 2. The molecule has 1 unspecified atom stereocenters. The maximum atomic E-state index is 12.5. The summed E-state index contributed by atoms with van der Waals surface area (Å²) in [6.45, 7) is 2.93. The first-order valence-electron chi connectivity index (χ1n) is 6.18. The number of nitrogen functional groups attached to an aromatic ring is 1. The lowest BCUT2D eigenvalue weighted by atomic mass is 10.1. The molecule has 0 spiro atoms. The Morgan fingerprint density at radius 1 is 1.58 bits per heavy atom. The van der Waals surface area contributed by atoms with Crippen molar-refractivity contribution in [2.45, 2.75) is 19.4 Å². The van der Waals surface area contributed by atoms with E-state index < -0.39 is 6.04 Å². The summed E-state index contributed by atoms with van der Waals surface area (Å²) in [6, 6.07) is 4.67. The van der Waals surface area contributed by atoms with Crippen LogP contribution in [0.15, 0.2) is 22.7 Å². The van der Waals surface area contributed by atoms with Crippen molar-refractivity contribution < 1.29 is 9.59 Å². The number of benzene rings is 1. The quantitative estimate of drug-likeness (QED) is 0.807. The van der Waals surface area contributed by atoms with Crippen LogP contribution in [0, 0.1) is 0 Å². The van der Waals surface area contributed by atoms with E-state index in [1.165, 1.54) is 0 Å². The number of rotatable bonds is 2. The van der Waals surface area contributed by atoms with Gasteiger partial charge in [0.05, 0.1) is 0 Å². The molecule has 0 radical (unpaired) electrons. The molecule has 1 aliphatic rings. The van der Waals surface area contributed by atoms with E-state index in [0.717, 1.165) is 0 Å². The molecule has 1 heterocycles. The summed E-state index contributed by atoms with van der Waals surface area (Å²) in [5, 5.41) is 2.78. The lowest BCUT2D eigenvalue weighted by Crippen LogP contribution is -2.56. The first-order valence-corrected chi connectivity index (χ1v) is 6.97. The van der Waals surface area contributed by atoms with Gasteiger partial charge in [0, 0.05) is 28.8 Å². The molecule has 1 fully saturated rings. The summed E-state index contributed by atoms with van der Waals surface area (Å²) in [6.07, 6.45) is 0.605. The number of nitrogens with two attached hydrogens (primary N) is 1. The third-order valence-corrected chi connectivity index (χ3v) is 3.91. The van der Waals surface area contributed by atoms with E-state index >= 15 is 0 Å². The van der Waals surface area contributed by atoms with Gasteiger partial charge >= 0.3 is 0 Å². The Labute approximate surface area is 120 Å². The zero-order chi connectivity index (χ0) is 14.0. The van der Waals surface area contributed by atoms with Crippen molar-refractivity contribution in [1.82, 2.24) is 10.2 Å². The Hall–Kier alpha value is -1.56. The molecule has 19 heavy (non-hydrogen) atoms. The SMILES string of the molecule is CCC1C(=O)NCCN1C(=O)c1ccc(N)c(Br)c1. The van der Waals surface area contributed by atoms with E-state index in [9.17, 15) is 9.59 Å². The minimum Gasteiger partial charge on any atom is -0.398 e. The van der Waals surface area contributed by atoms with Gasteiger partial charge in [0.15, 0.2) is 0 Å². The van der Waals surface area contributed by atoms with Crippen molar-refractivity contribution in [3.8, 4) is 0 Å². The number of piperazine rings is 1. The largest absolute Gasteiger partial charge is 0.398 e. The van der Waals surface area contributed by atoms with Gasteiger partial charge in [-0.1, -0.05) is 6.92 Å². The first kappa shape index (κ1) is 13.9. The van der Waals surface area contributed by atoms with Crippen molar-refractivity contribution in [2.75, 3.05) is 18.8 Å². The topological polar surface area (TPSA) is 75.4 Å². The first-order chi connectivity index (χ1) is 9.04. The van der Waals surface area contributed by atoms with E-state index in [1.807, 2.05) is 6.92 Å². The molecule has 1 aromatic rings. The Morgan fingerprint density at radius 3 is 2.95 bits per heavy atom. The summed E-state index contributed by atoms with van der Waals surface area (Å²) < 4.78 is 0.688. The number of hydrogen-bond acceptors (Lipinski definition) is 3. The fourth-order valence-electron chi connectivity index (χ4n) is 2.19. The summed E-state index contributed by atoms with van der Waals surface area (Å²) in [5.74, 6) is -0.223. The second kappa shape index (κ2) is 5.61. The molecule has 102 valence electrons. The fraction of sp³-hybridized carbons (Fsp3) is 0.385. The standard InChI is InChI=1S/C13H16BrN3O2/c1-2-11-12(18)16-5-6-17(11)13(19)8-3-4-10(15)9(14)7-8/h3-4,7,11H,2,5-6,15H2,1H3,(H,16,18). The number of carbonyl (C=O) groups excluding carboxylic acids is 2. The molecule has 1 atom stereocenters. The highest BCUT2D eigenvalue weighted by Gasteiger charge is 2.32. The Morgan fingerprint density at radius 2 is 2.32 bits per heavy atom. The third-order valence-electron chi connectivity index (χ3n) is 3.23. The molecule has 3 N–H and O–H groups in total. The van der Waals surface area contributed by atoms with E-state index in [-0.39, 0.29) is 11.8 Å². The Balaban J connectivity index is 2.26. The van der Waals surface area contributed by atoms with Gasteiger partial charge in [-0.05, 0) is 40.5 Å². The van der Waals surface area contributed by atoms with Crippen LogP contribution in [0.5, 0.6) is 0 Å². The average Bonchev–Trinajstić information content (AvgIpc) is 2.40. The van der Waals surface area contributed by atoms with Crippen molar-refractivity contribution in [2.24, 2.45) is 0 Å². The zero-order valence-electron chi connectivity index (χ0n) is 10.6. The lowest BCUT2D eigenvalue weighted by Gasteiger charge is -2.34. The maximum Gasteiger partial charge on any atom is 0.254 e. The number of halogens is 1. The van der Waals surface area contributed by atoms with Crippen LogP contribution in [-0.4, -0.2) is 35.8 Å². The lowest BCUT2D eigenvalue weighted by molar-refractivity contribution is -0.127. The van der Waals surface area contributed by atoms with Crippen molar-refractivity contribution in [3.05, 3.63) is 28.2 Å². The van der Waals surface area contributed by atoms with Crippen molar-refractivity contribution >= 4 is 33.4 Å². The predicted octanol–water partition coefficient (Wildman–Crippen LogP) is 1.38. The molecule has 6 heteroatoms. The van der Waals surface area contributed by atoms with Gasteiger partial charge in [0.2, 0.25) is 5.91 Å². The summed E-state index contributed by atoms with van der Waals surface area (Å²) in [5.41, 5.74) is 6.83. The van der Waals surface area contributed by atoms with E-state index in [1.54, 1.807) is 23.1 Å². The summed E-state index contributed by atoms with van der Waals surface area (Å²) in [4.78, 5) is 25.8. The molecule has 5 nitrogen and oxygen atoms in total. The zero-order valence-corrected chi connectivity index (χ0v) is 12.2. The minimum absolute atomic E-state index is 0.0865. The highest BCUT2D eigenvalue weighted by atomic mass is 79.9. The number of nitrogens with one attached hydrogen (secondary N) is 1. The van der Waals surface area contributed by atoms with Gasteiger partial charge < -0.3 is 16.0 Å². The van der Waals surface area contributed by atoms with Crippen LogP contribution in [-0.2, 0) is 4.79 Å². The molecule has 1 saturated heterocycles. The van der Waals surface area contributed by atoms with Crippen LogP contribution in [0.2, 0.25) is 0 Å². The number of anilines is 1. The average molecular weight is 326 g/mol. The fourth-order valence-corrected chi connectivity index (χ4v) is 2.57. The molecular weight excluding hydrogens is 310 g/mol. The van der Waals surface area contributed by atoms with E-state index in [4.69, 9.17) is 5.73 Å². The number of hydrogen-bond donors (Lipinski definition) is 2. The van der Waals surface area contributed by atoms with Crippen LogP contribution in [0.25, 0.3) is 0 Å². The van der Waals surface area contributed by atoms with Gasteiger partial charge in [-0.25, -0.2) is 0 Å². The smallest absolute Gasteiger partial charge is 0.254 e. The molecule has 0 bridgehead atoms. The third kappa shape index (κ3) is 2.73. The highest BCUT2D eigenvalue weighted by molar-refractivity contribution is 9.10.